The van der Waals surface area contributed by atoms with Gasteiger partial charge in [-0.05, 0) is 47.1 Å². The molecule has 30 heavy (non-hydrogen) atoms. The van der Waals surface area contributed by atoms with Crippen LogP contribution in [0.4, 0.5) is 9.18 Å². The molecule has 0 unspecified atom stereocenters. The Labute approximate surface area is 182 Å². The number of nitrogens with zero attached hydrogens (tertiary/aromatic N) is 2. The van der Waals surface area contributed by atoms with E-state index >= 15 is 0 Å². The molecule has 1 saturated heterocycles. The second-order valence-electron chi connectivity index (χ2n) is 8.90. The van der Waals surface area contributed by atoms with Gasteiger partial charge in [-0.2, -0.15) is 5.26 Å². The van der Waals surface area contributed by atoms with Gasteiger partial charge in [-0.3, -0.25) is 4.90 Å². The summed E-state index contributed by atoms with van der Waals surface area (Å²) in [6.07, 6.45) is 1.20. The van der Waals surface area contributed by atoms with E-state index in [0.29, 0.717) is 19.4 Å². The average molecular weight is 441 g/mol. The summed E-state index contributed by atoms with van der Waals surface area (Å²) in [5.41, 5.74) is -1.38. The number of carbonyl (C=O) groups is 1. The van der Waals surface area contributed by atoms with Crippen LogP contribution in [0.1, 0.15) is 66.4 Å². The van der Waals surface area contributed by atoms with Crippen LogP contribution in [-0.4, -0.2) is 41.1 Å². The molecule has 0 radical (unpaired) electrons. The van der Waals surface area contributed by atoms with Crippen LogP contribution in [-0.2, 0) is 9.47 Å². The fraction of sp³-hybridized carbons (Fsp3) is 0.636. The van der Waals surface area contributed by atoms with Crippen LogP contribution >= 0.6 is 11.6 Å². The maximum absolute atomic E-state index is 13.7. The third-order valence-corrected chi connectivity index (χ3v) is 5.04. The van der Waals surface area contributed by atoms with Crippen LogP contribution in [0.15, 0.2) is 12.1 Å². The van der Waals surface area contributed by atoms with Crippen LogP contribution in [0.3, 0.4) is 0 Å². The van der Waals surface area contributed by atoms with E-state index < -0.39 is 23.2 Å². The first-order valence-corrected chi connectivity index (χ1v) is 10.5. The molecule has 0 bridgehead atoms. The van der Waals surface area contributed by atoms with Crippen molar-refractivity contribution >= 4 is 17.7 Å². The molecule has 1 aromatic rings. The molecule has 1 aromatic carbocycles. The van der Waals surface area contributed by atoms with Crippen molar-refractivity contribution < 1.29 is 23.4 Å². The number of ether oxygens (including phenoxy) is 3. The second-order valence-corrected chi connectivity index (χ2v) is 9.31. The lowest BCUT2D eigenvalue weighted by atomic mass is 10.0. The van der Waals surface area contributed by atoms with Crippen molar-refractivity contribution in [3.8, 4) is 11.8 Å². The normalized spacial score (nSPS) is 19.3. The van der Waals surface area contributed by atoms with E-state index in [-0.39, 0.29) is 28.5 Å². The molecule has 0 aromatic heterocycles. The van der Waals surface area contributed by atoms with Crippen LogP contribution < -0.4 is 4.74 Å². The van der Waals surface area contributed by atoms with Crippen molar-refractivity contribution in [2.45, 2.75) is 84.3 Å². The third-order valence-electron chi connectivity index (χ3n) is 4.75. The molecule has 0 spiro atoms. The van der Waals surface area contributed by atoms with E-state index in [9.17, 15) is 14.4 Å². The highest BCUT2D eigenvalue weighted by molar-refractivity contribution is 6.30. The van der Waals surface area contributed by atoms with E-state index in [4.69, 9.17) is 25.8 Å². The van der Waals surface area contributed by atoms with Crippen LogP contribution in [0.2, 0.25) is 5.02 Å². The fourth-order valence-electron chi connectivity index (χ4n) is 3.48. The first kappa shape index (κ1) is 24.2. The van der Waals surface area contributed by atoms with Crippen molar-refractivity contribution in [3.05, 3.63) is 28.5 Å². The molecule has 1 aliphatic heterocycles. The highest BCUT2D eigenvalue weighted by atomic mass is 35.5. The highest BCUT2D eigenvalue weighted by Gasteiger charge is 2.46. The van der Waals surface area contributed by atoms with E-state index in [1.165, 1.54) is 6.07 Å². The molecule has 8 heteroatoms. The summed E-state index contributed by atoms with van der Waals surface area (Å²) < 4.78 is 31.2. The summed E-state index contributed by atoms with van der Waals surface area (Å²) in [5.74, 6) is -0.445. The standard InChI is InChI=1S/C22H30ClFN2O4/c1-7-8-16(29-19-11-17(23)18(24)9-14(19)12-25)10-15-13-28-22(5,6)26(15)20(27)30-21(2,3)4/h9,11,15-16H,7-8,10,13H2,1-6H3/t15-,16-/m0/s1. The highest BCUT2D eigenvalue weighted by Crippen LogP contribution is 2.34. The third kappa shape index (κ3) is 5.99. The zero-order valence-electron chi connectivity index (χ0n) is 18.4. The van der Waals surface area contributed by atoms with Gasteiger partial charge in [0.15, 0.2) is 0 Å². The number of hydrogen-bond donors (Lipinski definition) is 0. The summed E-state index contributed by atoms with van der Waals surface area (Å²) >= 11 is 5.88. The zero-order valence-corrected chi connectivity index (χ0v) is 19.2. The minimum absolute atomic E-state index is 0.0741. The van der Waals surface area contributed by atoms with Gasteiger partial charge in [0.1, 0.15) is 35.1 Å². The maximum Gasteiger partial charge on any atom is 0.412 e. The molecular weight excluding hydrogens is 411 g/mol. The Hall–Kier alpha value is -2.04. The summed E-state index contributed by atoms with van der Waals surface area (Å²) in [4.78, 5) is 14.5. The topological polar surface area (TPSA) is 71.8 Å². The summed E-state index contributed by atoms with van der Waals surface area (Å²) in [5, 5.41) is 9.21. The molecule has 2 atom stereocenters. The Morgan fingerprint density at radius 2 is 2.13 bits per heavy atom. The van der Waals surface area contributed by atoms with E-state index in [1.807, 2.05) is 47.6 Å². The molecule has 166 valence electrons. The number of nitriles is 1. The zero-order chi connectivity index (χ0) is 22.7. The average Bonchev–Trinajstić information content (AvgIpc) is 2.90. The number of hydrogen-bond acceptors (Lipinski definition) is 5. The van der Waals surface area contributed by atoms with Gasteiger partial charge in [-0.25, -0.2) is 9.18 Å². The van der Waals surface area contributed by atoms with Crippen LogP contribution in [0, 0.1) is 17.1 Å². The van der Waals surface area contributed by atoms with Gasteiger partial charge in [-0.15, -0.1) is 0 Å². The molecule has 0 N–H and O–H groups in total. The lowest BCUT2D eigenvalue weighted by Crippen LogP contribution is -2.50. The fourth-order valence-corrected chi connectivity index (χ4v) is 3.63. The number of halogens is 2. The maximum atomic E-state index is 13.7. The molecule has 1 amide bonds. The van der Waals surface area contributed by atoms with E-state index in [2.05, 4.69) is 0 Å². The van der Waals surface area contributed by atoms with Crippen molar-refractivity contribution in [1.82, 2.24) is 4.90 Å². The minimum atomic E-state index is -0.819. The van der Waals surface area contributed by atoms with Crippen molar-refractivity contribution in [1.29, 1.82) is 5.26 Å². The molecule has 1 heterocycles. The Morgan fingerprint density at radius 3 is 2.70 bits per heavy atom. The van der Waals surface area contributed by atoms with Gasteiger partial charge in [0.25, 0.3) is 0 Å². The number of amides is 1. The summed E-state index contributed by atoms with van der Waals surface area (Å²) in [7, 11) is 0. The molecule has 6 nitrogen and oxygen atoms in total. The molecule has 0 saturated carbocycles. The second kappa shape index (κ2) is 9.40. The van der Waals surface area contributed by atoms with Crippen LogP contribution in [0.25, 0.3) is 0 Å². The first-order valence-electron chi connectivity index (χ1n) is 10.1. The molecule has 0 aliphatic carbocycles. The van der Waals surface area contributed by atoms with Crippen LogP contribution in [0.5, 0.6) is 5.75 Å². The lowest BCUT2D eigenvalue weighted by Gasteiger charge is -2.36. The molecule has 1 aliphatic rings. The minimum Gasteiger partial charge on any atom is -0.489 e. The molecule has 2 rings (SSSR count). The van der Waals surface area contributed by atoms with Gasteiger partial charge < -0.3 is 14.2 Å². The SMILES string of the molecule is CCC[C@@H](C[C@H]1COC(C)(C)N1C(=O)OC(C)(C)C)Oc1cc(Cl)c(F)cc1C#N. The van der Waals surface area contributed by atoms with E-state index in [1.54, 1.807) is 4.90 Å². The summed E-state index contributed by atoms with van der Waals surface area (Å²) in [6.45, 7) is 11.4. The monoisotopic (exact) mass is 440 g/mol. The van der Waals surface area contributed by atoms with Gasteiger partial charge in [0.2, 0.25) is 0 Å². The van der Waals surface area contributed by atoms with Gasteiger partial charge >= 0.3 is 6.09 Å². The van der Waals surface area contributed by atoms with Crippen molar-refractivity contribution in [2.24, 2.45) is 0 Å². The first-order chi connectivity index (χ1) is 13.9. The predicted molar refractivity (Wildman–Crippen MR) is 112 cm³/mol. The van der Waals surface area contributed by atoms with E-state index in [0.717, 1.165) is 12.5 Å². The van der Waals surface area contributed by atoms with Crippen molar-refractivity contribution in [2.75, 3.05) is 6.61 Å². The Balaban J connectivity index is 2.24. The Bertz CT molecular complexity index is 817. The predicted octanol–water partition coefficient (Wildman–Crippen LogP) is 5.66. The Morgan fingerprint density at radius 1 is 1.47 bits per heavy atom. The van der Waals surface area contributed by atoms with Gasteiger partial charge in [0.05, 0.1) is 23.2 Å². The molecule has 1 fully saturated rings. The van der Waals surface area contributed by atoms with Gasteiger partial charge in [-0.1, -0.05) is 24.9 Å². The quantitative estimate of drug-likeness (QED) is 0.570. The molecular formula is C22H30ClFN2O4. The van der Waals surface area contributed by atoms with Crippen molar-refractivity contribution in [3.63, 3.8) is 0 Å². The smallest absolute Gasteiger partial charge is 0.412 e. The number of carbonyl (C=O) groups excluding carboxylic acids is 1. The Kier molecular flexibility index (Phi) is 7.59. The van der Waals surface area contributed by atoms with Gasteiger partial charge in [0, 0.05) is 12.5 Å². The number of benzene rings is 1. The number of rotatable bonds is 6. The lowest BCUT2D eigenvalue weighted by molar-refractivity contribution is -0.0635. The largest absolute Gasteiger partial charge is 0.489 e. The summed E-state index contributed by atoms with van der Waals surface area (Å²) in [6, 6.07) is 4.05.